The van der Waals surface area contributed by atoms with Crippen molar-refractivity contribution in [2.24, 2.45) is 5.73 Å². The summed E-state index contributed by atoms with van der Waals surface area (Å²) in [5, 5.41) is 4.02. The summed E-state index contributed by atoms with van der Waals surface area (Å²) < 4.78 is 3.32. The van der Waals surface area contributed by atoms with Gasteiger partial charge in [0.2, 0.25) is 0 Å². The first-order valence-electron chi connectivity index (χ1n) is 3.04. The molecule has 1 aromatic rings. The molecule has 0 aliphatic heterocycles. The van der Waals surface area contributed by atoms with Crippen LogP contribution < -0.4 is 11.3 Å². The minimum absolute atomic E-state index is 0.477. The Balaban J connectivity index is 2.98. The molecule has 0 atom stereocenters. The van der Waals surface area contributed by atoms with Crippen LogP contribution in [0, 0.1) is 0 Å². The molecule has 0 bridgehead atoms. The zero-order valence-electron chi connectivity index (χ0n) is 5.72. The SMILES string of the molecule is [B]c1nn(CCN)c(Br)c1Br. The Morgan fingerprint density at radius 2 is 2.18 bits per heavy atom. The van der Waals surface area contributed by atoms with E-state index in [9.17, 15) is 0 Å². The number of nitrogens with two attached hydrogens (primary N) is 1. The molecule has 0 aliphatic carbocycles. The molecule has 1 rings (SSSR count). The van der Waals surface area contributed by atoms with E-state index in [1.54, 1.807) is 4.68 Å². The van der Waals surface area contributed by atoms with Crippen LogP contribution in [0.2, 0.25) is 0 Å². The third kappa shape index (κ3) is 1.86. The van der Waals surface area contributed by atoms with Crippen molar-refractivity contribution in [3.05, 3.63) is 9.08 Å². The van der Waals surface area contributed by atoms with Gasteiger partial charge in [0.15, 0.2) is 0 Å². The molecule has 0 unspecified atom stereocenters. The summed E-state index contributed by atoms with van der Waals surface area (Å²) >= 11 is 6.59. The van der Waals surface area contributed by atoms with Crippen molar-refractivity contribution in [3.63, 3.8) is 0 Å². The molecule has 0 saturated heterocycles. The first kappa shape index (κ1) is 9.28. The predicted octanol–water partition coefficient (Wildman–Crippen LogP) is 0.161. The lowest BCUT2D eigenvalue weighted by molar-refractivity contribution is 0.616. The van der Waals surface area contributed by atoms with Crippen LogP contribution >= 0.6 is 31.9 Å². The molecule has 2 N–H and O–H groups in total. The van der Waals surface area contributed by atoms with Crippen LogP contribution in [0.25, 0.3) is 0 Å². The standard InChI is InChI=1S/C5H6BBr2N3/c6-4-3(7)5(8)11(10-4)2-1-9/h1-2,9H2. The molecule has 1 aromatic heterocycles. The second kappa shape index (κ2) is 3.73. The highest BCUT2D eigenvalue weighted by Crippen LogP contribution is 2.19. The van der Waals surface area contributed by atoms with Gasteiger partial charge in [-0.25, -0.2) is 0 Å². The van der Waals surface area contributed by atoms with Gasteiger partial charge in [-0.1, -0.05) is 0 Å². The molecule has 6 heteroatoms. The van der Waals surface area contributed by atoms with E-state index in [2.05, 4.69) is 37.0 Å². The lowest BCUT2D eigenvalue weighted by Gasteiger charge is -1.98. The smallest absolute Gasteiger partial charge is 0.146 e. The third-order valence-electron chi connectivity index (χ3n) is 1.20. The summed E-state index contributed by atoms with van der Waals surface area (Å²) in [6.07, 6.45) is 0. The van der Waals surface area contributed by atoms with Gasteiger partial charge in [0.1, 0.15) is 12.4 Å². The Labute approximate surface area is 83.0 Å². The molecule has 2 radical (unpaired) electrons. The molecular weight excluding hydrogens is 273 g/mol. The number of hydrogen-bond donors (Lipinski definition) is 1. The minimum Gasteiger partial charge on any atom is -0.329 e. The zero-order chi connectivity index (χ0) is 8.43. The van der Waals surface area contributed by atoms with Crippen molar-refractivity contribution in [1.29, 1.82) is 0 Å². The fourth-order valence-corrected chi connectivity index (χ4v) is 1.45. The molecule has 1 heterocycles. The average Bonchev–Trinajstić information content (AvgIpc) is 2.19. The molecule has 0 spiro atoms. The minimum atomic E-state index is 0.477. The number of rotatable bonds is 2. The van der Waals surface area contributed by atoms with E-state index in [4.69, 9.17) is 13.6 Å². The van der Waals surface area contributed by atoms with Crippen molar-refractivity contribution < 1.29 is 0 Å². The first-order chi connectivity index (χ1) is 5.16. The summed E-state index contributed by atoms with van der Waals surface area (Å²) in [5.74, 6) is 0. The molecule has 0 saturated carbocycles. The van der Waals surface area contributed by atoms with Gasteiger partial charge in [0.25, 0.3) is 0 Å². The quantitative estimate of drug-likeness (QED) is 0.784. The Morgan fingerprint density at radius 3 is 2.55 bits per heavy atom. The highest BCUT2D eigenvalue weighted by Gasteiger charge is 2.07. The second-order valence-corrected chi connectivity index (χ2v) is 3.55. The molecule has 0 aliphatic rings. The van der Waals surface area contributed by atoms with Crippen molar-refractivity contribution in [1.82, 2.24) is 9.78 Å². The van der Waals surface area contributed by atoms with Gasteiger partial charge in [-0.2, -0.15) is 5.10 Å². The van der Waals surface area contributed by atoms with Crippen LogP contribution in [0.5, 0.6) is 0 Å². The second-order valence-electron chi connectivity index (χ2n) is 2.00. The highest BCUT2D eigenvalue weighted by molar-refractivity contribution is 9.13. The normalized spacial score (nSPS) is 10.5. The lowest BCUT2D eigenvalue weighted by atomic mass is 10.1. The monoisotopic (exact) mass is 277 g/mol. The van der Waals surface area contributed by atoms with E-state index in [0.29, 0.717) is 18.7 Å². The van der Waals surface area contributed by atoms with Crippen molar-refractivity contribution in [2.45, 2.75) is 6.54 Å². The third-order valence-corrected chi connectivity index (χ3v) is 3.32. The topological polar surface area (TPSA) is 43.8 Å². The van der Waals surface area contributed by atoms with Gasteiger partial charge in [-0.15, -0.1) is 0 Å². The van der Waals surface area contributed by atoms with E-state index < -0.39 is 0 Å². The van der Waals surface area contributed by atoms with Crippen molar-refractivity contribution in [3.8, 4) is 0 Å². The molecule has 3 nitrogen and oxygen atoms in total. The van der Waals surface area contributed by atoms with Crippen LogP contribution in [0.3, 0.4) is 0 Å². The Morgan fingerprint density at radius 1 is 1.55 bits per heavy atom. The molecular formula is C5H6BBr2N3. The molecule has 0 amide bonds. The number of nitrogens with zero attached hydrogens (tertiary/aromatic N) is 2. The molecule has 58 valence electrons. The fraction of sp³-hybridized carbons (Fsp3) is 0.400. The van der Waals surface area contributed by atoms with Gasteiger partial charge >= 0.3 is 0 Å². The Kier molecular flexibility index (Phi) is 3.15. The van der Waals surface area contributed by atoms with Crippen LogP contribution in [-0.2, 0) is 6.54 Å². The largest absolute Gasteiger partial charge is 0.329 e. The van der Waals surface area contributed by atoms with Gasteiger partial charge in [-0.3, -0.25) is 4.68 Å². The van der Waals surface area contributed by atoms with E-state index in [1.165, 1.54) is 0 Å². The number of hydrogen-bond acceptors (Lipinski definition) is 2. The summed E-state index contributed by atoms with van der Waals surface area (Å²) in [5.41, 5.74) is 5.83. The number of aromatic nitrogens is 2. The van der Waals surface area contributed by atoms with Crippen molar-refractivity contribution >= 4 is 45.3 Å². The van der Waals surface area contributed by atoms with Gasteiger partial charge in [0.05, 0.1) is 11.0 Å². The number of halogens is 2. The van der Waals surface area contributed by atoms with Crippen molar-refractivity contribution in [2.75, 3.05) is 6.54 Å². The van der Waals surface area contributed by atoms with E-state index in [-0.39, 0.29) is 0 Å². The molecule has 0 fully saturated rings. The van der Waals surface area contributed by atoms with E-state index >= 15 is 0 Å². The summed E-state index contributed by atoms with van der Waals surface area (Å²) in [6, 6.07) is 0. The summed E-state index contributed by atoms with van der Waals surface area (Å²) in [7, 11) is 5.52. The van der Waals surface area contributed by atoms with Crippen LogP contribution in [0.1, 0.15) is 0 Å². The van der Waals surface area contributed by atoms with Gasteiger partial charge in [-0.05, 0) is 31.9 Å². The maximum atomic E-state index is 5.52. The Hall–Kier alpha value is 0.195. The lowest BCUT2D eigenvalue weighted by Crippen LogP contribution is -2.14. The highest BCUT2D eigenvalue weighted by atomic mass is 79.9. The zero-order valence-corrected chi connectivity index (χ0v) is 8.89. The van der Waals surface area contributed by atoms with Crippen LogP contribution in [0.15, 0.2) is 9.08 Å². The fourth-order valence-electron chi connectivity index (χ4n) is 0.707. The Bertz CT molecular complexity index is 260. The van der Waals surface area contributed by atoms with Crippen LogP contribution in [-0.4, -0.2) is 24.2 Å². The first-order valence-corrected chi connectivity index (χ1v) is 4.62. The predicted molar refractivity (Wildman–Crippen MR) is 52.1 cm³/mol. The van der Waals surface area contributed by atoms with Gasteiger partial charge < -0.3 is 5.73 Å². The maximum Gasteiger partial charge on any atom is 0.146 e. The summed E-state index contributed by atoms with van der Waals surface area (Å²) in [4.78, 5) is 0. The maximum absolute atomic E-state index is 5.52. The van der Waals surface area contributed by atoms with E-state index in [1.807, 2.05) is 0 Å². The van der Waals surface area contributed by atoms with Crippen LogP contribution in [0.4, 0.5) is 0 Å². The van der Waals surface area contributed by atoms with Gasteiger partial charge in [0, 0.05) is 12.1 Å². The molecule has 11 heavy (non-hydrogen) atoms. The van der Waals surface area contributed by atoms with E-state index in [0.717, 1.165) is 9.08 Å². The molecule has 0 aromatic carbocycles. The average molecular weight is 279 g/mol. The summed E-state index contributed by atoms with van der Waals surface area (Å²) in [6.45, 7) is 1.21.